The molecule has 1 aromatic carbocycles. The number of carbonyl (C=O) groups is 2. The topological polar surface area (TPSA) is 65.5 Å². The van der Waals surface area contributed by atoms with E-state index in [4.69, 9.17) is 11.6 Å². The van der Waals surface area contributed by atoms with Crippen LogP contribution in [-0.2, 0) is 9.59 Å². The van der Waals surface area contributed by atoms with Gasteiger partial charge in [-0.25, -0.2) is 0 Å². The van der Waals surface area contributed by atoms with Crippen molar-refractivity contribution in [2.75, 3.05) is 31.1 Å². The Morgan fingerprint density at radius 1 is 1.15 bits per heavy atom. The Bertz CT molecular complexity index is 776. The summed E-state index contributed by atoms with van der Waals surface area (Å²) in [5.74, 6) is -1.08. The lowest BCUT2D eigenvalue weighted by Crippen LogP contribution is -2.52. The third kappa shape index (κ3) is 4.32. The van der Waals surface area contributed by atoms with Crippen molar-refractivity contribution in [3.63, 3.8) is 0 Å². The molecule has 6 nitrogen and oxygen atoms in total. The highest BCUT2D eigenvalue weighted by Gasteiger charge is 2.27. The van der Waals surface area contributed by atoms with Gasteiger partial charge in [0.05, 0.1) is 6.04 Å². The summed E-state index contributed by atoms with van der Waals surface area (Å²) in [5.41, 5.74) is 1.89. The third-order valence-corrected chi connectivity index (χ3v) is 4.70. The van der Waals surface area contributed by atoms with Gasteiger partial charge in [0.25, 0.3) is 0 Å². The van der Waals surface area contributed by atoms with Crippen LogP contribution in [0.3, 0.4) is 0 Å². The molecule has 0 radical (unpaired) electrons. The van der Waals surface area contributed by atoms with Gasteiger partial charge in [0, 0.05) is 49.3 Å². The first-order chi connectivity index (χ1) is 12.5. The summed E-state index contributed by atoms with van der Waals surface area (Å²) in [6.45, 7) is 4.16. The molecular weight excluding hydrogens is 352 g/mol. The lowest BCUT2D eigenvalue weighted by atomic mass is 10.1. The fourth-order valence-corrected chi connectivity index (χ4v) is 3.14. The molecule has 0 saturated carbocycles. The highest BCUT2D eigenvalue weighted by Crippen LogP contribution is 2.20. The van der Waals surface area contributed by atoms with Crippen LogP contribution in [0.5, 0.6) is 0 Å². The highest BCUT2D eigenvalue weighted by atomic mass is 35.5. The van der Waals surface area contributed by atoms with Crippen LogP contribution < -0.4 is 10.2 Å². The molecule has 2 aromatic rings. The van der Waals surface area contributed by atoms with E-state index in [1.807, 2.05) is 37.3 Å². The van der Waals surface area contributed by atoms with Crippen LogP contribution in [0.1, 0.15) is 18.5 Å². The van der Waals surface area contributed by atoms with Gasteiger partial charge in [0.15, 0.2) is 0 Å². The summed E-state index contributed by atoms with van der Waals surface area (Å²) < 4.78 is 0. The normalized spacial score (nSPS) is 15.5. The number of hydrogen-bond donors (Lipinski definition) is 1. The Kier molecular flexibility index (Phi) is 5.73. The van der Waals surface area contributed by atoms with Crippen molar-refractivity contribution in [2.45, 2.75) is 13.0 Å². The van der Waals surface area contributed by atoms with E-state index in [0.29, 0.717) is 31.2 Å². The smallest absolute Gasteiger partial charge is 0.312 e. The van der Waals surface area contributed by atoms with E-state index >= 15 is 0 Å². The minimum atomic E-state index is -0.586. The standard InChI is InChI=1S/C19H21ClN4O2/c1-14(15-4-3-7-21-13-15)22-18(25)19(26)24-10-8-23(9-11-24)17-6-2-5-16(20)12-17/h2-7,12-14H,8-11H2,1H3,(H,22,25). The van der Waals surface area contributed by atoms with Gasteiger partial charge in [0.2, 0.25) is 0 Å². The van der Waals surface area contributed by atoms with Crippen molar-refractivity contribution < 1.29 is 9.59 Å². The maximum Gasteiger partial charge on any atom is 0.312 e. The largest absolute Gasteiger partial charge is 0.368 e. The van der Waals surface area contributed by atoms with Crippen LogP contribution in [0.15, 0.2) is 48.8 Å². The summed E-state index contributed by atoms with van der Waals surface area (Å²) >= 11 is 6.04. The quantitative estimate of drug-likeness (QED) is 0.839. The Morgan fingerprint density at radius 3 is 2.58 bits per heavy atom. The molecule has 0 spiro atoms. The molecule has 1 aliphatic rings. The predicted molar refractivity (Wildman–Crippen MR) is 101 cm³/mol. The number of amides is 2. The maximum absolute atomic E-state index is 12.4. The molecular formula is C19H21ClN4O2. The molecule has 1 atom stereocenters. The number of anilines is 1. The first-order valence-electron chi connectivity index (χ1n) is 8.55. The number of halogens is 1. The van der Waals surface area contributed by atoms with Crippen molar-refractivity contribution >= 4 is 29.1 Å². The fourth-order valence-electron chi connectivity index (χ4n) is 2.96. The molecule has 2 heterocycles. The highest BCUT2D eigenvalue weighted by molar-refractivity contribution is 6.35. The molecule has 136 valence electrons. The van der Waals surface area contributed by atoms with E-state index in [0.717, 1.165) is 11.3 Å². The minimum absolute atomic E-state index is 0.270. The number of benzene rings is 1. The van der Waals surface area contributed by atoms with Crippen molar-refractivity contribution in [2.24, 2.45) is 0 Å². The van der Waals surface area contributed by atoms with Crippen LogP contribution >= 0.6 is 11.6 Å². The second-order valence-electron chi connectivity index (χ2n) is 6.24. The predicted octanol–water partition coefficient (Wildman–Crippen LogP) is 2.26. The zero-order valence-electron chi connectivity index (χ0n) is 14.6. The van der Waals surface area contributed by atoms with Gasteiger partial charge < -0.3 is 15.1 Å². The van der Waals surface area contributed by atoms with Crippen LogP contribution in [0.2, 0.25) is 5.02 Å². The molecule has 0 bridgehead atoms. The molecule has 1 unspecified atom stereocenters. The average Bonchev–Trinajstić information content (AvgIpc) is 2.68. The van der Waals surface area contributed by atoms with E-state index in [2.05, 4.69) is 15.2 Å². The number of nitrogens with one attached hydrogen (secondary N) is 1. The number of hydrogen-bond acceptors (Lipinski definition) is 4. The zero-order chi connectivity index (χ0) is 18.5. The zero-order valence-corrected chi connectivity index (χ0v) is 15.3. The third-order valence-electron chi connectivity index (χ3n) is 4.47. The van der Waals surface area contributed by atoms with Crippen molar-refractivity contribution in [1.29, 1.82) is 0 Å². The van der Waals surface area contributed by atoms with Crippen LogP contribution in [0, 0.1) is 0 Å². The fraction of sp³-hybridized carbons (Fsp3) is 0.316. The summed E-state index contributed by atoms with van der Waals surface area (Å²) in [7, 11) is 0. The Morgan fingerprint density at radius 2 is 1.92 bits per heavy atom. The SMILES string of the molecule is CC(NC(=O)C(=O)N1CCN(c2cccc(Cl)c2)CC1)c1cccnc1. The van der Waals surface area contributed by atoms with Gasteiger partial charge in [-0.05, 0) is 36.8 Å². The van der Waals surface area contributed by atoms with Gasteiger partial charge in [-0.15, -0.1) is 0 Å². The number of pyridine rings is 1. The summed E-state index contributed by atoms with van der Waals surface area (Å²) in [6, 6.07) is 11.0. The Balaban J connectivity index is 1.54. The van der Waals surface area contributed by atoms with Gasteiger partial charge in [0.1, 0.15) is 0 Å². The first-order valence-corrected chi connectivity index (χ1v) is 8.92. The molecule has 1 N–H and O–H groups in total. The Labute approximate surface area is 157 Å². The number of piperazine rings is 1. The lowest BCUT2D eigenvalue weighted by Gasteiger charge is -2.36. The number of rotatable bonds is 3. The number of aromatic nitrogens is 1. The van der Waals surface area contributed by atoms with E-state index < -0.39 is 11.8 Å². The summed E-state index contributed by atoms with van der Waals surface area (Å²) in [5, 5.41) is 3.43. The van der Waals surface area contributed by atoms with Gasteiger partial charge >= 0.3 is 11.8 Å². The second-order valence-corrected chi connectivity index (χ2v) is 6.68. The Hall–Kier alpha value is -2.60. The molecule has 0 aliphatic carbocycles. The van der Waals surface area contributed by atoms with E-state index in [9.17, 15) is 9.59 Å². The second kappa shape index (κ2) is 8.19. The molecule has 7 heteroatoms. The van der Waals surface area contributed by atoms with Crippen LogP contribution in [-0.4, -0.2) is 47.9 Å². The van der Waals surface area contributed by atoms with Crippen LogP contribution in [0.4, 0.5) is 5.69 Å². The van der Waals surface area contributed by atoms with Crippen molar-refractivity contribution in [3.05, 3.63) is 59.4 Å². The minimum Gasteiger partial charge on any atom is -0.368 e. The maximum atomic E-state index is 12.4. The molecule has 1 fully saturated rings. The number of carbonyl (C=O) groups excluding carboxylic acids is 2. The number of nitrogens with zero attached hydrogens (tertiary/aromatic N) is 3. The average molecular weight is 373 g/mol. The summed E-state index contributed by atoms with van der Waals surface area (Å²) in [4.78, 5) is 32.5. The van der Waals surface area contributed by atoms with E-state index in [-0.39, 0.29) is 6.04 Å². The van der Waals surface area contributed by atoms with Crippen LogP contribution in [0.25, 0.3) is 0 Å². The van der Waals surface area contributed by atoms with Gasteiger partial charge in [-0.1, -0.05) is 23.7 Å². The van der Waals surface area contributed by atoms with Crippen molar-refractivity contribution in [3.8, 4) is 0 Å². The van der Waals surface area contributed by atoms with E-state index in [1.54, 1.807) is 23.4 Å². The van der Waals surface area contributed by atoms with Gasteiger partial charge in [-0.2, -0.15) is 0 Å². The van der Waals surface area contributed by atoms with Crippen molar-refractivity contribution in [1.82, 2.24) is 15.2 Å². The molecule has 3 rings (SSSR count). The first kappa shape index (κ1) is 18.2. The lowest BCUT2D eigenvalue weighted by molar-refractivity contribution is -0.146. The van der Waals surface area contributed by atoms with E-state index in [1.165, 1.54) is 0 Å². The monoisotopic (exact) mass is 372 g/mol. The molecule has 2 amide bonds. The summed E-state index contributed by atoms with van der Waals surface area (Å²) in [6.07, 6.45) is 3.35. The molecule has 26 heavy (non-hydrogen) atoms. The molecule has 1 aliphatic heterocycles. The molecule has 1 saturated heterocycles. The molecule has 1 aromatic heterocycles. The van der Waals surface area contributed by atoms with Gasteiger partial charge in [-0.3, -0.25) is 14.6 Å².